The van der Waals surface area contributed by atoms with Crippen LogP contribution in [0, 0.1) is 0 Å². The van der Waals surface area contributed by atoms with Crippen LogP contribution >= 0.6 is 12.2 Å². The molecule has 2 unspecified atom stereocenters. The van der Waals surface area contributed by atoms with Crippen LogP contribution in [0.15, 0.2) is 0 Å². The summed E-state index contributed by atoms with van der Waals surface area (Å²) >= 11 is 5.04. The largest absolute Gasteiger partial charge is 0.392 e. The second kappa shape index (κ2) is 8.54. The third-order valence-electron chi connectivity index (χ3n) is 4.07. The zero-order valence-electron chi connectivity index (χ0n) is 12.9. The number of nitrogens with zero attached hydrogens (tertiary/aromatic N) is 2. The van der Waals surface area contributed by atoms with Crippen LogP contribution in [-0.2, 0) is 4.79 Å². The zero-order valence-corrected chi connectivity index (χ0v) is 13.7. The molecule has 1 aliphatic rings. The molecule has 0 saturated carbocycles. The van der Waals surface area contributed by atoms with Crippen molar-refractivity contribution in [2.24, 2.45) is 5.73 Å². The van der Waals surface area contributed by atoms with E-state index in [1.165, 1.54) is 0 Å². The van der Waals surface area contributed by atoms with Gasteiger partial charge in [0.1, 0.15) is 0 Å². The van der Waals surface area contributed by atoms with Crippen molar-refractivity contribution < 1.29 is 4.79 Å². The number of rotatable bonds is 7. The van der Waals surface area contributed by atoms with Gasteiger partial charge in [0.2, 0.25) is 5.91 Å². The molecule has 1 heterocycles. The van der Waals surface area contributed by atoms with E-state index in [2.05, 4.69) is 22.0 Å². The molecule has 0 aromatic carbocycles. The van der Waals surface area contributed by atoms with Gasteiger partial charge in [0.15, 0.2) is 0 Å². The number of thiocarbonyl (C=S) groups is 1. The lowest BCUT2D eigenvalue weighted by atomic mass is 10.2. The van der Waals surface area contributed by atoms with Crippen LogP contribution in [0.1, 0.15) is 33.6 Å². The first-order chi connectivity index (χ1) is 9.47. The highest BCUT2D eigenvalue weighted by molar-refractivity contribution is 7.80. The third kappa shape index (κ3) is 5.00. The van der Waals surface area contributed by atoms with Gasteiger partial charge in [0.05, 0.1) is 17.1 Å². The maximum Gasteiger partial charge on any atom is 0.237 e. The third-order valence-corrected chi connectivity index (χ3v) is 4.41. The molecule has 0 aliphatic carbocycles. The van der Waals surface area contributed by atoms with Gasteiger partial charge in [-0.2, -0.15) is 0 Å². The van der Waals surface area contributed by atoms with Gasteiger partial charge in [-0.3, -0.25) is 14.6 Å². The Labute approximate surface area is 127 Å². The smallest absolute Gasteiger partial charge is 0.237 e. The molecule has 0 bridgehead atoms. The summed E-state index contributed by atoms with van der Waals surface area (Å²) in [6.45, 7) is 10.5. The van der Waals surface area contributed by atoms with Gasteiger partial charge in [0.25, 0.3) is 0 Å². The minimum atomic E-state index is -0.0610. The zero-order chi connectivity index (χ0) is 15.1. The first kappa shape index (κ1) is 17.3. The van der Waals surface area contributed by atoms with Crippen LogP contribution in [0.25, 0.3) is 0 Å². The lowest BCUT2D eigenvalue weighted by Crippen LogP contribution is -2.57. The molecule has 1 aliphatic heterocycles. The van der Waals surface area contributed by atoms with Gasteiger partial charge in [-0.1, -0.05) is 25.6 Å². The van der Waals surface area contributed by atoms with Gasteiger partial charge < -0.3 is 11.1 Å². The Morgan fingerprint density at radius 3 is 2.15 bits per heavy atom. The van der Waals surface area contributed by atoms with E-state index in [1.807, 2.05) is 13.8 Å². The number of piperazine rings is 1. The van der Waals surface area contributed by atoms with E-state index in [4.69, 9.17) is 18.0 Å². The summed E-state index contributed by atoms with van der Waals surface area (Å²) in [5.41, 5.74) is 5.69. The topological polar surface area (TPSA) is 61.6 Å². The number of carbonyl (C=O) groups is 1. The van der Waals surface area contributed by atoms with Crippen molar-refractivity contribution in [3.8, 4) is 0 Å². The maximum atomic E-state index is 12.0. The highest BCUT2D eigenvalue weighted by Gasteiger charge is 2.27. The summed E-state index contributed by atoms with van der Waals surface area (Å²) in [5, 5.41) is 3.00. The van der Waals surface area contributed by atoms with Crippen LogP contribution < -0.4 is 11.1 Å². The van der Waals surface area contributed by atoms with E-state index >= 15 is 0 Å². The van der Waals surface area contributed by atoms with Gasteiger partial charge in [-0.15, -0.1) is 0 Å². The van der Waals surface area contributed by atoms with Crippen LogP contribution in [0.5, 0.6) is 0 Å². The lowest BCUT2D eigenvalue weighted by Gasteiger charge is -2.39. The van der Waals surface area contributed by atoms with Gasteiger partial charge in [0, 0.05) is 32.7 Å². The van der Waals surface area contributed by atoms with Gasteiger partial charge >= 0.3 is 0 Å². The summed E-state index contributed by atoms with van der Waals surface area (Å²) in [4.78, 5) is 17.1. The molecule has 3 N–H and O–H groups in total. The second-order valence-electron chi connectivity index (χ2n) is 5.47. The molecule has 0 radical (unpaired) electrons. The Kier molecular flexibility index (Phi) is 7.40. The van der Waals surface area contributed by atoms with E-state index in [0.29, 0.717) is 4.99 Å². The molecular formula is C14H28N4OS. The fourth-order valence-corrected chi connectivity index (χ4v) is 2.54. The second-order valence-corrected chi connectivity index (χ2v) is 5.94. The molecule has 1 rings (SSSR count). The maximum absolute atomic E-state index is 12.0. The number of amides is 1. The van der Waals surface area contributed by atoms with E-state index in [0.717, 1.165) is 45.6 Å². The SMILES string of the molecule is CCCCNC(=O)C(C)N1CCN(C(C)C(N)=S)CC1. The van der Waals surface area contributed by atoms with Crippen molar-refractivity contribution in [1.29, 1.82) is 0 Å². The predicted octanol–water partition coefficient (Wildman–Crippen LogP) is 0.583. The Balaban J connectivity index is 2.36. The molecular weight excluding hydrogens is 272 g/mol. The number of nitrogens with one attached hydrogen (secondary N) is 1. The molecule has 20 heavy (non-hydrogen) atoms. The molecule has 6 heteroatoms. The summed E-state index contributed by atoms with van der Waals surface area (Å²) in [5.74, 6) is 0.134. The van der Waals surface area contributed by atoms with Gasteiger partial charge in [-0.05, 0) is 20.3 Å². The van der Waals surface area contributed by atoms with E-state index < -0.39 is 0 Å². The van der Waals surface area contributed by atoms with Crippen molar-refractivity contribution in [2.75, 3.05) is 32.7 Å². The quantitative estimate of drug-likeness (QED) is 0.532. The number of carbonyl (C=O) groups excluding carboxylic acids is 1. The van der Waals surface area contributed by atoms with Crippen LogP contribution in [0.3, 0.4) is 0 Å². The molecule has 1 saturated heterocycles. The van der Waals surface area contributed by atoms with Crippen molar-refractivity contribution in [1.82, 2.24) is 15.1 Å². The normalized spacial score (nSPS) is 20.4. The summed E-state index contributed by atoms with van der Waals surface area (Å²) < 4.78 is 0. The van der Waals surface area contributed by atoms with Crippen LogP contribution in [-0.4, -0.2) is 65.5 Å². The Hall–Kier alpha value is -0.720. The average Bonchev–Trinajstić information content (AvgIpc) is 2.46. The number of unbranched alkanes of at least 4 members (excludes halogenated alkanes) is 1. The highest BCUT2D eigenvalue weighted by Crippen LogP contribution is 2.09. The Bertz CT molecular complexity index is 329. The molecule has 0 spiro atoms. The molecule has 2 atom stereocenters. The fraction of sp³-hybridized carbons (Fsp3) is 0.857. The van der Waals surface area contributed by atoms with Crippen LogP contribution in [0.4, 0.5) is 0 Å². The Morgan fingerprint density at radius 1 is 1.20 bits per heavy atom. The van der Waals surface area contributed by atoms with Gasteiger partial charge in [-0.25, -0.2) is 0 Å². The molecule has 5 nitrogen and oxygen atoms in total. The highest BCUT2D eigenvalue weighted by atomic mass is 32.1. The summed E-state index contributed by atoms with van der Waals surface area (Å²) in [6.07, 6.45) is 2.14. The molecule has 0 aromatic rings. The van der Waals surface area contributed by atoms with E-state index in [1.54, 1.807) is 0 Å². The molecule has 1 fully saturated rings. The standard InChI is InChI=1S/C14H28N4OS/c1-4-5-6-16-14(19)12(3)18-9-7-17(8-10-18)11(2)13(15)20/h11-12H,4-10H2,1-3H3,(H2,15,20)(H,16,19). The number of hydrogen-bond acceptors (Lipinski definition) is 4. The number of nitrogens with two attached hydrogens (primary N) is 1. The van der Waals surface area contributed by atoms with E-state index in [-0.39, 0.29) is 18.0 Å². The lowest BCUT2D eigenvalue weighted by molar-refractivity contribution is -0.126. The first-order valence-electron chi connectivity index (χ1n) is 7.52. The summed E-state index contributed by atoms with van der Waals surface area (Å²) in [7, 11) is 0. The predicted molar refractivity (Wildman–Crippen MR) is 86.8 cm³/mol. The Morgan fingerprint density at radius 2 is 1.70 bits per heavy atom. The molecule has 1 amide bonds. The summed E-state index contributed by atoms with van der Waals surface area (Å²) in [6, 6.07) is 0.0787. The minimum absolute atomic E-state index is 0.0610. The minimum Gasteiger partial charge on any atom is -0.392 e. The number of hydrogen-bond donors (Lipinski definition) is 2. The van der Waals surface area contributed by atoms with Crippen LogP contribution in [0.2, 0.25) is 0 Å². The monoisotopic (exact) mass is 300 g/mol. The van der Waals surface area contributed by atoms with Crippen molar-refractivity contribution >= 4 is 23.1 Å². The fourth-order valence-electron chi connectivity index (χ4n) is 2.39. The van der Waals surface area contributed by atoms with Crippen molar-refractivity contribution in [2.45, 2.75) is 45.7 Å². The van der Waals surface area contributed by atoms with Crippen molar-refractivity contribution in [3.63, 3.8) is 0 Å². The molecule has 0 aromatic heterocycles. The van der Waals surface area contributed by atoms with Crippen molar-refractivity contribution in [3.05, 3.63) is 0 Å². The van der Waals surface area contributed by atoms with E-state index in [9.17, 15) is 4.79 Å². The molecule has 116 valence electrons. The average molecular weight is 300 g/mol. The first-order valence-corrected chi connectivity index (χ1v) is 7.93.